The van der Waals surface area contributed by atoms with Crippen molar-refractivity contribution >= 4 is 10.0 Å². The number of ether oxygens (including phenoxy) is 1. The van der Waals surface area contributed by atoms with E-state index >= 15 is 0 Å². The van der Waals surface area contributed by atoms with Gasteiger partial charge in [-0.05, 0) is 41.8 Å². The molecular formula is C20H23N3O3S. The molecule has 7 heteroatoms. The van der Waals surface area contributed by atoms with Gasteiger partial charge in [-0.1, -0.05) is 31.2 Å². The molecule has 1 N–H and O–H groups in total. The highest BCUT2D eigenvalue weighted by atomic mass is 32.2. The van der Waals surface area contributed by atoms with E-state index in [1.807, 2.05) is 38.2 Å². The Bertz CT molecular complexity index is 994. The minimum Gasteiger partial charge on any atom is -0.497 e. The maximum atomic E-state index is 13.0. The molecule has 1 heterocycles. The lowest BCUT2D eigenvalue weighted by molar-refractivity contribution is 0.414. The Balaban J connectivity index is 1.98. The van der Waals surface area contributed by atoms with Gasteiger partial charge in [-0.3, -0.25) is 0 Å². The maximum Gasteiger partial charge on any atom is 0.241 e. The van der Waals surface area contributed by atoms with Crippen molar-refractivity contribution < 1.29 is 13.2 Å². The van der Waals surface area contributed by atoms with Crippen LogP contribution in [0.4, 0.5) is 0 Å². The highest BCUT2D eigenvalue weighted by Gasteiger charge is 2.25. The molecule has 0 aliphatic heterocycles. The predicted molar refractivity (Wildman–Crippen MR) is 104 cm³/mol. The SMILES string of the molecule is CCc1ccc(S(=O)(=O)NC(c2ccc(OC)cc2)c2nccn2C)cc1. The summed E-state index contributed by atoms with van der Waals surface area (Å²) in [5, 5.41) is 0. The second-order valence-electron chi connectivity index (χ2n) is 6.22. The van der Waals surface area contributed by atoms with Crippen LogP contribution in [0.15, 0.2) is 65.8 Å². The van der Waals surface area contributed by atoms with Crippen LogP contribution >= 0.6 is 0 Å². The molecule has 0 spiro atoms. The molecule has 0 fully saturated rings. The van der Waals surface area contributed by atoms with E-state index in [2.05, 4.69) is 9.71 Å². The summed E-state index contributed by atoms with van der Waals surface area (Å²) in [5.74, 6) is 1.31. The Hall–Kier alpha value is -2.64. The van der Waals surface area contributed by atoms with E-state index in [9.17, 15) is 8.42 Å². The summed E-state index contributed by atoms with van der Waals surface area (Å²) in [5.41, 5.74) is 1.86. The van der Waals surface area contributed by atoms with Crippen molar-refractivity contribution in [1.82, 2.24) is 14.3 Å². The first-order chi connectivity index (χ1) is 12.9. The van der Waals surface area contributed by atoms with Crippen LogP contribution in [-0.2, 0) is 23.5 Å². The number of aryl methyl sites for hydroxylation is 2. The van der Waals surface area contributed by atoms with E-state index in [1.54, 1.807) is 48.3 Å². The monoisotopic (exact) mass is 385 g/mol. The molecule has 1 unspecified atom stereocenters. The molecule has 0 amide bonds. The summed E-state index contributed by atoms with van der Waals surface area (Å²) < 4.78 is 35.7. The number of hydrogen-bond acceptors (Lipinski definition) is 4. The number of rotatable bonds is 7. The number of nitrogens with one attached hydrogen (secondary N) is 1. The van der Waals surface area contributed by atoms with Gasteiger partial charge >= 0.3 is 0 Å². The van der Waals surface area contributed by atoms with Crippen molar-refractivity contribution in [2.45, 2.75) is 24.3 Å². The van der Waals surface area contributed by atoms with Crippen LogP contribution < -0.4 is 9.46 Å². The molecule has 142 valence electrons. The predicted octanol–water partition coefficient (Wildman–Crippen LogP) is 3.06. The third-order valence-electron chi connectivity index (χ3n) is 4.48. The number of imidazole rings is 1. The van der Waals surface area contributed by atoms with E-state index in [-0.39, 0.29) is 4.90 Å². The largest absolute Gasteiger partial charge is 0.497 e. The maximum absolute atomic E-state index is 13.0. The van der Waals surface area contributed by atoms with Crippen molar-refractivity contribution in [2.24, 2.45) is 7.05 Å². The Morgan fingerprint density at radius 3 is 2.30 bits per heavy atom. The second kappa shape index (κ2) is 7.94. The minimum absolute atomic E-state index is 0.229. The zero-order valence-electron chi connectivity index (χ0n) is 15.6. The molecule has 3 aromatic rings. The first-order valence-corrected chi connectivity index (χ1v) is 10.2. The lowest BCUT2D eigenvalue weighted by Crippen LogP contribution is -2.31. The van der Waals surface area contributed by atoms with Crippen molar-refractivity contribution in [3.8, 4) is 5.75 Å². The number of benzene rings is 2. The van der Waals surface area contributed by atoms with E-state index < -0.39 is 16.1 Å². The lowest BCUT2D eigenvalue weighted by atomic mass is 10.1. The van der Waals surface area contributed by atoms with Gasteiger partial charge in [-0.2, -0.15) is 4.72 Å². The number of hydrogen-bond donors (Lipinski definition) is 1. The van der Waals surface area contributed by atoms with E-state index in [0.29, 0.717) is 11.6 Å². The fourth-order valence-corrected chi connectivity index (χ4v) is 4.03. The average Bonchev–Trinajstić information content (AvgIpc) is 3.12. The molecule has 0 radical (unpaired) electrons. The van der Waals surface area contributed by atoms with Gasteiger partial charge in [0.05, 0.1) is 12.0 Å². The van der Waals surface area contributed by atoms with Gasteiger partial charge < -0.3 is 9.30 Å². The molecule has 3 rings (SSSR count). The summed E-state index contributed by atoms with van der Waals surface area (Å²) in [4.78, 5) is 4.57. The summed E-state index contributed by atoms with van der Waals surface area (Å²) in [6, 6.07) is 13.6. The molecule has 27 heavy (non-hydrogen) atoms. The highest BCUT2D eigenvalue weighted by molar-refractivity contribution is 7.89. The van der Waals surface area contributed by atoms with Crippen LogP contribution in [0.2, 0.25) is 0 Å². The number of nitrogens with zero attached hydrogens (tertiary/aromatic N) is 2. The van der Waals surface area contributed by atoms with Crippen molar-refractivity contribution in [2.75, 3.05) is 7.11 Å². The first-order valence-electron chi connectivity index (χ1n) is 8.67. The Labute approximate surface area is 159 Å². The zero-order chi connectivity index (χ0) is 19.4. The first kappa shape index (κ1) is 19.1. The fourth-order valence-electron chi connectivity index (χ4n) is 2.85. The molecule has 2 aromatic carbocycles. The normalized spacial score (nSPS) is 12.7. The van der Waals surface area contributed by atoms with E-state index in [4.69, 9.17) is 4.74 Å². The van der Waals surface area contributed by atoms with Crippen molar-refractivity contribution in [1.29, 1.82) is 0 Å². The van der Waals surface area contributed by atoms with Crippen LogP contribution in [0.5, 0.6) is 5.75 Å². The highest BCUT2D eigenvalue weighted by Crippen LogP contribution is 2.25. The van der Waals surface area contributed by atoms with E-state index in [1.165, 1.54) is 0 Å². The molecule has 1 aromatic heterocycles. The van der Waals surface area contributed by atoms with Crippen LogP contribution in [-0.4, -0.2) is 25.1 Å². The van der Waals surface area contributed by atoms with E-state index in [0.717, 1.165) is 17.5 Å². The summed E-state index contributed by atoms with van der Waals surface area (Å²) in [7, 11) is -0.298. The Kier molecular flexibility index (Phi) is 5.62. The Morgan fingerprint density at radius 2 is 1.78 bits per heavy atom. The van der Waals surface area contributed by atoms with Crippen LogP contribution in [0.25, 0.3) is 0 Å². The van der Waals surface area contributed by atoms with Crippen LogP contribution in [0.1, 0.15) is 29.9 Å². The second-order valence-corrected chi connectivity index (χ2v) is 7.94. The lowest BCUT2D eigenvalue weighted by Gasteiger charge is -2.19. The zero-order valence-corrected chi connectivity index (χ0v) is 16.4. The third-order valence-corrected chi connectivity index (χ3v) is 5.92. The van der Waals surface area contributed by atoms with Crippen LogP contribution in [0.3, 0.4) is 0 Å². The molecule has 0 saturated heterocycles. The quantitative estimate of drug-likeness (QED) is 0.678. The summed E-state index contributed by atoms with van der Waals surface area (Å²) in [6.07, 6.45) is 4.29. The number of sulfonamides is 1. The number of methoxy groups -OCH3 is 1. The standard InChI is InChI=1S/C20H23N3O3S/c1-4-15-5-11-18(12-6-15)27(24,25)22-19(20-21-13-14-23(20)2)16-7-9-17(26-3)10-8-16/h5-14,19,22H,4H2,1-3H3. The molecule has 6 nitrogen and oxygen atoms in total. The van der Waals surface area contributed by atoms with Gasteiger partial charge in [0.2, 0.25) is 10.0 Å². The van der Waals surface area contributed by atoms with Gasteiger partial charge in [0, 0.05) is 19.4 Å². The average molecular weight is 385 g/mol. The van der Waals surface area contributed by atoms with Gasteiger partial charge in [0.25, 0.3) is 0 Å². The third kappa shape index (κ3) is 4.20. The van der Waals surface area contributed by atoms with Crippen molar-refractivity contribution in [3.05, 3.63) is 77.9 Å². The summed E-state index contributed by atoms with van der Waals surface area (Å²) >= 11 is 0. The molecule has 1 atom stereocenters. The molecular weight excluding hydrogens is 362 g/mol. The number of aromatic nitrogens is 2. The van der Waals surface area contributed by atoms with Gasteiger partial charge in [0.15, 0.2) is 0 Å². The smallest absolute Gasteiger partial charge is 0.241 e. The fraction of sp³-hybridized carbons (Fsp3) is 0.250. The van der Waals surface area contributed by atoms with Crippen molar-refractivity contribution in [3.63, 3.8) is 0 Å². The van der Waals surface area contributed by atoms with Gasteiger partial charge in [-0.15, -0.1) is 0 Å². The summed E-state index contributed by atoms with van der Waals surface area (Å²) in [6.45, 7) is 2.03. The van der Waals surface area contributed by atoms with Crippen LogP contribution in [0, 0.1) is 0 Å². The topological polar surface area (TPSA) is 73.2 Å². The Morgan fingerprint density at radius 1 is 1.11 bits per heavy atom. The molecule has 0 saturated carbocycles. The minimum atomic E-state index is -3.73. The molecule has 0 aliphatic rings. The molecule has 0 bridgehead atoms. The molecule has 0 aliphatic carbocycles. The van der Waals surface area contributed by atoms with Gasteiger partial charge in [0.1, 0.15) is 17.6 Å². The van der Waals surface area contributed by atoms with Gasteiger partial charge in [-0.25, -0.2) is 13.4 Å².